The Morgan fingerprint density at radius 1 is 1.33 bits per heavy atom. The van der Waals surface area contributed by atoms with Crippen molar-refractivity contribution in [3.8, 4) is 0 Å². The van der Waals surface area contributed by atoms with Crippen molar-refractivity contribution in [2.45, 2.75) is 25.7 Å². The number of carbonyl (C=O) groups excluding carboxylic acids is 2. The molecule has 1 fully saturated rings. The highest BCUT2D eigenvalue weighted by molar-refractivity contribution is 5.78. The van der Waals surface area contributed by atoms with E-state index in [9.17, 15) is 9.59 Å². The van der Waals surface area contributed by atoms with Gasteiger partial charge >= 0.3 is 0 Å². The van der Waals surface area contributed by atoms with E-state index >= 15 is 0 Å². The van der Waals surface area contributed by atoms with Crippen LogP contribution in [0.25, 0.3) is 0 Å². The molecule has 1 aromatic carbocycles. The van der Waals surface area contributed by atoms with Crippen molar-refractivity contribution in [3.05, 3.63) is 35.9 Å². The SMILES string of the molecule is O=CC1CCCN(CC(=O)NCCCc2ccccc2)C1. The van der Waals surface area contributed by atoms with Gasteiger partial charge in [0.05, 0.1) is 6.54 Å². The number of hydrogen-bond acceptors (Lipinski definition) is 3. The van der Waals surface area contributed by atoms with E-state index in [2.05, 4.69) is 22.3 Å². The van der Waals surface area contributed by atoms with Gasteiger partial charge in [-0.2, -0.15) is 0 Å². The summed E-state index contributed by atoms with van der Waals surface area (Å²) < 4.78 is 0. The number of nitrogens with one attached hydrogen (secondary N) is 1. The first-order chi connectivity index (χ1) is 10.3. The molecule has 21 heavy (non-hydrogen) atoms. The molecular formula is C17H24N2O2. The summed E-state index contributed by atoms with van der Waals surface area (Å²) in [7, 11) is 0. The Morgan fingerprint density at radius 2 is 2.14 bits per heavy atom. The molecule has 1 unspecified atom stereocenters. The van der Waals surface area contributed by atoms with Crippen molar-refractivity contribution in [1.82, 2.24) is 10.2 Å². The van der Waals surface area contributed by atoms with Crippen molar-refractivity contribution in [1.29, 1.82) is 0 Å². The Hall–Kier alpha value is -1.68. The molecule has 0 spiro atoms. The topological polar surface area (TPSA) is 49.4 Å². The molecule has 1 saturated heterocycles. The van der Waals surface area contributed by atoms with Gasteiger partial charge in [-0.1, -0.05) is 30.3 Å². The summed E-state index contributed by atoms with van der Waals surface area (Å²) in [6, 6.07) is 10.3. The third kappa shape index (κ3) is 5.68. The fourth-order valence-corrected chi connectivity index (χ4v) is 2.77. The van der Waals surface area contributed by atoms with E-state index in [1.807, 2.05) is 18.2 Å². The molecule has 2 rings (SSSR count). The molecule has 0 aromatic heterocycles. The lowest BCUT2D eigenvalue weighted by molar-refractivity contribution is -0.123. The zero-order valence-electron chi connectivity index (χ0n) is 12.5. The Morgan fingerprint density at radius 3 is 2.90 bits per heavy atom. The highest BCUT2D eigenvalue weighted by Crippen LogP contribution is 2.13. The zero-order chi connectivity index (χ0) is 14.9. The van der Waals surface area contributed by atoms with E-state index < -0.39 is 0 Å². The first kappa shape index (κ1) is 15.7. The van der Waals surface area contributed by atoms with Gasteiger partial charge in [0.25, 0.3) is 0 Å². The monoisotopic (exact) mass is 288 g/mol. The summed E-state index contributed by atoms with van der Waals surface area (Å²) in [6.07, 6.45) is 4.91. The van der Waals surface area contributed by atoms with E-state index in [-0.39, 0.29) is 11.8 Å². The third-order valence-electron chi connectivity index (χ3n) is 3.91. The molecular weight excluding hydrogens is 264 g/mol. The van der Waals surface area contributed by atoms with E-state index in [4.69, 9.17) is 0 Å². The van der Waals surface area contributed by atoms with Crippen LogP contribution in [0.15, 0.2) is 30.3 Å². The van der Waals surface area contributed by atoms with E-state index in [1.54, 1.807) is 0 Å². The average molecular weight is 288 g/mol. The first-order valence-corrected chi connectivity index (χ1v) is 7.76. The molecule has 1 aliphatic rings. The van der Waals surface area contributed by atoms with Gasteiger partial charge in [-0.25, -0.2) is 0 Å². The van der Waals surface area contributed by atoms with Crippen molar-refractivity contribution in [3.63, 3.8) is 0 Å². The van der Waals surface area contributed by atoms with E-state index in [1.165, 1.54) is 5.56 Å². The molecule has 4 nitrogen and oxygen atoms in total. The standard InChI is InChI=1S/C17H24N2O2/c20-14-16-9-5-11-19(12-16)13-17(21)18-10-4-8-15-6-2-1-3-7-15/h1-3,6-7,14,16H,4-5,8-13H2,(H,18,21). The van der Waals surface area contributed by atoms with Crippen LogP contribution in [-0.2, 0) is 16.0 Å². The molecule has 1 N–H and O–H groups in total. The fourth-order valence-electron chi connectivity index (χ4n) is 2.77. The molecule has 1 heterocycles. The number of benzene rings is 1. The summed E-state index contributed by atoms with van der Waals surface area (Å²) in [5.41, 5.74) is 1.30. The van der Waals surface area contributed by atoms with Gasteiger partial charge in [0.1, 0.15) is 6.29 Å². The second-order valence-electron chi connectivity index (χ2n) is 5.71. The number of aldehydes is 1. The lowest BCUT2D eigenvalue weighted by Crippen LogP contribution is -2.43. The van der Waals surface area contributed by atoms with Gasteiger partial charge in [-0.05, 0) is 37.8 Å². The molecule has 0 saturated carbocycles. The van der Waals surface area contributed by atoms with Crippen LogP contribution < -0.4 is 5.32 Å². The number of piperidine rings is 1. The minimum atomic E-state index is 0.0645. The first-order valence-electron chi connectivity index (χ1n) is 7.76. The molecule has 1 aliphatic heterocycles. The van der Waals surface area contributed by atoms with E-state index in [0.717, 1.165) is 45.1 Å². The maximum Gasteiger partial charge on any atom is 0.234 e. The van der Waals surface area contributed by atoms with Crippen LogP contribution in [0.3, 0.4) is 0 Å². The second kappa shape index (κ2) is 8.57. The molecule has 4 heteroatoms. The predicted molar refractivity (Wildman–Crippen MR) is 83.0 cm³/mol. The van der Waals surface area contributed by atoms with Crippen LogP contribution in [0.4, 0.5) is 0 Å². The third-order valence-corrected chi connectivity index (χ3v) is 3.91. The normalized spacial score (nSPS) is 19.1. The highest BCUT2D eigenvalue weighted by Gasteiger charge is 2.20. The molecule has 0 aliphatic carbocycles. The Balaban J connectivity index is 1.60. The van der Waals surface area contributed by atoms with Gasteiger partial charge in [0, 0.05) is 19.0 Å². The molecule has 0 bridgehead atoms. The molecule has 1 atom stereocenters. The molecule has 114 valence electrons. The number of aryl methyl sites for hydroxylation is 1. The summed E-state index contributed by atoms with van der Waals surface area (Å²) in [4.78, 5) is 24.8. The van der Waals surface area contributed by atoms with Gasteiger partial charge in [0.2, 0.25) is 5.91 Å². The molecule has 0 radical (unpaired) electrons. The Bertz CT molecular complexity index is 447. The van der Waals surface area contributed by atoms with Crippen molar-refractivity contribution >= 4 is 12.2 Å². The number of amides is 1. The maximum atomic E-state index is 11.9. The highest BCUT2D eigenvalue weighted by atomic mass is 16.2. The second-order valence-corrected chi connectivity index (χ2v) is 5.71. The molecule has 1 amide bonds. The van der Waals surface area contributed by atoms with Gasteiger partial charge in [-0.15, -0.1) is 0 Å². The van der Waals surface area contributed by atoms with Crippen LogP contribution in [0.5, 0.6) is 0 Å². The summed E-state index contributed by atoms with van der Waals surface area (Å²) >= 11 is 0. The quantitative estimate of drug-likeness (QED) is 0.613. The van der Waals surface area contributed by atoms with Crippen molar-refractivity contribution < 1.29 is 9.59 Å². The smallest absolute Gasteiger partial charge is 0.234 e. The van der Waals surface area contributed by atoms with Gasteiger partial charge < -0.3 is 10.1 Å². The summed E-state index contributed by atoms with van der Waals surface area (Å²) in [5.74, 6) is 0.166. The Kier molecular flexibility index (Phi) is 6.41. The summed E-state index contributed by atoms with van der Waals surface area (Å²) in [5, 5.41) is 2.96. The number of nitrogens with zero attached hydrogens (tertiary/aromatic N) is 1. The number of hydrogen-bond donors (Lipinski definition) is 1. The van der Waals surface area contributed by atoms with Crippen LogP contribution in [0, 0.1) is 5.92 Å². The minimum absolute atomic E-state index is 0.0645. The largest absolute Gasteiger partial charge is 0.355 e. The van der Waals surface area contributed by atoms with Crippen LogP contribution >= 0.6 is 0 Å². The van der Waals surface area contributed by atoms with Crippen molar-refractivity contribution in [2.24, 2.45) is 5.92 Å². The van der Waals surface area contributed by atoms with Crippen LogP contribution in [-0.4, -0.2) is 43.3 Å². The lowest BCUT2D eigenvalue weighted by atomic mass is 10.00. The van der Waals surface area contributed by atoms with Crippen molar-refractivity contribution in [2.75, 3.05) is 26.2 Å². The zero-order valence-corrected chi connectivity index (χ0v) is 12.5. The van der Waals surface area contributed by atoms with Crippen LogP contribution in [0.1, 0.15) is 24.8 Å². The Labute approximate surface area is 126 Å². The number of rotatable bonds is 7. The van der Waals surface area contributed by atoms with E-state index in [0.29, 0.717) is 13.1 Å². The fraction of sp³-hybridized carbons (Fsp3) is 0.529. The lowest BCUT2D eigenvalue weighted by Gasteiger charge is -2.29. The summed E-state index contributed by atoms with van der Waals surface area (Å²) in [6.45, 7) is 2.76. The minimum Gasteiger partial charge on any atom is -0.355 e. The maximum absolute atomic E-state index is 11.9. The predicted octanol–water partition coefficient (Wildman–Crippen LogP) is 1.65. The van der Waals surface area contributed by atoms with Gasteiger partial charge in [-0.3, -0.25) is 9.69 Å². The van der Waals surface area contributed by atoms with Gasteiger partial charge in [0.15, 0.2) is 0 Å². The molecule has 1 aromatic rings. The number of likely N-dealkylation sites (tertiary alicyclic amines) is 1. The average Bonchev–Trinajstić information content (AvgIpc) is 2.53. The van der Waals surface area contributed by atoms with Crippen LogP contribution in [0.2, 0.25) is 0 Å². The number of carbonyl (C=O) groups is 2.